The number of fused-ring (bicyclic) bond motifs is 1. The van der Waals surface area contributed by atoms with Gasteiger partial charge in [-0.05, 0) is 106 Å². The number of likely N-dealkylation sites (tertiary alicyclic amines) is 1. The topological polar surface area (TPSA) is 70.1 Å². The number of nitrogens with zero attached hydrogens (tertiary/aromatic N) is 2. The fraction of sp³-hybridized carbons (Fsp3) is 0.444. The van der Waals surface area contributed by atoms with E-state index in [0.29, 0.717) is 24.6 Å². The summed E-state index contributed by atoms with van der Waals surface area (Å²) in [5.74, 6) is -0.419. The Bertz CT molecular complexity index is 1450. The van der Waals surface area contributed by atoms with Gasteiger partial charge in [-0.1, -0.05) is 60.2 Å². The summed E-state index contributed by atoms with van der Waals surface area (Å²) in [6.07, 6.45) is 1.94. The molecule has 0 saturated carbocycles. The number of carboxylic acid groups (broad SMARTS) is 1. The Morgan fingerprint density at radius 1 is 0.881 bits per heavy atom. The molecule has 3 aromatic rings. The fourth-order valence-electron chi connectivity index (χ4n) is 6.64. The summed E-state index contributed by atoms with van der Waals surface area (Å²) < 4.78 is 6.20. The lowest BCUT2D eigenvalue weighted by Crippen LogP contribution is -2.45. The van der Waals surface area contributed by atoms with E-state index in [1.807, 2.05) is 50.5 Å². The summed E-state index contributed by atoms with van der Waals surface area (Å²) in [5.41, 5.74) is 8.50. The molecule has 2 amide bonds. The Hall–Kier alpha value is -3.64. The number of rotatable bonds is 6. The van der Waals surface area contributed by atoms with Crippen molar-refractivity contribution in [2.24, 2.45) is 5.92 Å². The fourth-order valence-corrected chi connectivity index (χ4v) is 6.64. The molecule has 42 heavy (non-hydrogen) atoms. The average Bonchev–Trinajstić information content (AvgIpc) is 3.41. The summed E-state index contributed by atoms with van der Waals surface area (Å²) in [7, 11) is 0. The number of hydrogen-bond donors (Lipinski definition) is 1. The molecule has 0 aliphatic carbocycles. The maximum Gasteiger partial charge on any atom is 0.337 e. The molecule has 1 N–H and O–H groups in total. The maximum atomic E-state index is 13.8. The number of carbonyl (C=O) groups is 2. The minimum atomic E-state index is -1.13. The van der Waals surface area contributed by atoms with Crippen LogP contribution in [0.2, 0.25) is 0 Å². The second-order valence-corrected chi connectivity index (χ2v) is 13.1. The third-order valence-corrected chi connectivity index (χ3v) is 8.84. The zero-order valence-corrected chi connectivity index (χ0v) is 25.9. The molecule has 222 valence electrons. The highest BCUT2D eigenvalue weighted by atomic mass is 16.5. The monoisotopic (exact) mass is 568 g/mol. The zero-order valence-electron chi connectivity index (χ0n) is 25.9. The first kappa shape index (κ1) is 29.8. The molecule has 0 spiro atoms. The predicted molar refractivity (Wildman–Crippen MR) is 166 cm³/mol. The van der Waals surface area contributed by atoms with E-state index in [4.69, 9.17) is 4.74 Å². The van der Waals surface area contributed by atoms with Crippen LogP contribution < -0.4 is 0 Å². The molecule has 0 bridgehead atoms. The van der Waals surface area contributed by atoms with Crippen molar-refractivity contribution in [1.29, 1.82) is 0 Å². The Morgan fingerprint density at radius 2 is 1.48 bits per heavy atom. The number of ether oxygens (including phenoxy) is 1. The molecule has 6 nitrogen and oxygen atoms in total. The van der Waals surface area contributed by atoms with E-state index in [1.54, 1.807) is 0 Å². The van der Waals surface area contributed by atoms with Crippen molar-refractivity contribution in [3.63, 3.8) is 0 Å². The quantitative estimate of drug-likeness (QED) is 0.332. The van der Waals surface area contributed by atoms with Gasteiger partial charge in [-0.3, -0.25) is 0 Å². The first-order valence-corrected chi connectivity index (χ1v) is 15.1. The molecular weight excluding hydrogens is 524 g/mol. The number of hydrogen-bond acceptors (Lipinski definition) is 3. The lowest BCUT2D eigenvalue weighted by Gasteiger charge is -2.34. The minimum Gasteiger partial charge on any atom is -0.479 e. The van der Waals surface area contributed by atoms with Crippen molar-refractivity contribution >= 4 is 12.0 Å². The van der Waals surface area contributed by atoms with Crippen LogP contribution in [0, 0.1) is 26.7 Å². The van der Waals surface area contributed by atoms with Crippen molar-refractivity contribution in [3.8, 4) is 11.1 Å². The first-order valence-electron chi connectivity index (χ1n) is 15.1. The number of piperidine rings is 1. The number of amides is 2. The van der Waals surface area contributed by atoms with Gasteiger partial charge in [0, 0.05) is 31.7 Å². The van der Waals surface area contributed by atoms with Crippen LogP contribution in [0.3, 0.4) is 0 Å². The van der Waals surface area contributed by atoms with Crippen molar-refractivity contribution in [1.82, 2.24) is 9.80 Å². The Balaban J connectivity index is 1.43. The summed E-state index contributed by atoms with van der Waals surface area (Å²) in [6, 6.07) is 18.9. The van der Waals surface area contributed by atoms with Gasteiger partial charge in [0.1, 0.15) is 0 Å². The number of carboxylic acids is 1. The molecule has 2 aliphatic rings. The van der Waals surface area contributed by atoms with Crippen molar-refractivity contribution in [2.75, 3.05) is 13.1 Å². The highest BCUT2D eigenvalue weighted by molar-refractivity contribution is 5.85. The Kier molecular flexibility index (Phi) is 8.47. The Morgan fingerprint density at radius 3 is 2.05 bits per heavy atom. The molecular formula is C36H44N2O4. The van der Waals surface area contributed by atoms with Gasteiger partial charge < -0.3 is 19.6 Å². The van der Waals surface area contributed by atoms with Gasteiger partial charge in [0.05, 0.1) is 5.60 Å². The number of aryl methyl sites for hydroxylation is 1. The third-order valence-electron chi connectivity index (χ3n) is 8.84. The van der Waals surface area contributed by atoms with E-state index in [-0.39, 0.29) is 6.03 Å². The highest BCUT2D eigenvalue weighted by Gasteiger charge is 2.37. The van der Waals surface area contributed by atoms with Crippen LogP contribution in [-0.2, 0) is 29.0 Å². The average molecular weight is 569 g/mol. The molecule has 1 atom stereocenters. The molecule has 2 aliphatic heterocycles. The van der Waals surface area contributed by atoms with Crippen LogP contribution in [0.1, 0.15) is 78.7 Å². The van der Waals surface area contributed by atoms with Gasteiger partial charge >= 0.3 is 12.0 Å². The lowest BCUT2D eigenvalue weighted by atomic mass is 9.83. The van der Waals surface area contributed by atoms with Crippen LogP contribution in [0.15, 0.2) is 54.6 Å². The highest BCUT2D eigenvalue weighted by Crippen LogP contribution is 2.44. The number of aliphatic carboxylic acids is 1. The third kappa shape index (κ3) is 6.24. The summed E-state index contributed by atoms with van der Waals surface area (Å²) >= 11 is 0. The molecule has 6 heteroatoms. The number of urea groups is 1. The Labute approximate surface area is 250 Å². The van der Waals surface area contributed by atoms with Gasteiger partial charge in [0.15, 0.2) is 6.10 Å². The summed E-state index contributed by atoms with van der Waals surface area (Å²) in [6.45, 7) is 14.3. The van der Waals surface area contributed by atoms with Crippen LogP contribution in [0.4, 0.5) is 4.79 Å². The molecule has 1 fully saturated rings. The van der Waals surface area contributed by atoms with E-state index in [0.717, 1.165) is 71.3 Å². The smallest absolute Gasteiger partial charge is 0.337 e. The van der Waals surface area contributed by atoms with E-state index < -0.39 is 17.7 Å². The number of benzene rings is 3. The normalized spacial score (nSPS) is 16.4. The van der Waals surface area contributed by atoms with Crippen LogP contribution >= 0.6 is 0 Å². The van der Waals surface area contributed by atoms with Crippen molar-refractivity contribution in [3.05, 3.63) is 93.5 Å². The second kappa shape index (κ2) is 11.9. The molecule has 3 aromatic carbocycles. The van der Waals surface area contributed by atoms with Crippen LogP contribution in [-0.4, -0.2) is 45.6 Å². The minimum absolute atomic E-state index is 0.0716. The zero-order chi connectivity index (χ0) is 30.2. The molecule has 2 heterocycles. The molecule has 1 unspecified atom stereocenters. The predicted octanol–water partition coefficient (Wildman–Crippen LogP) is 7.61. The summed E-state index contributed by atoms with van der Waals surface area (Å²) in [5, 5.41) is 10.4. The SMILES string of the molecule is Cc1ccc(-c2c(C)c3c(c(C)c2C(OC(C)(C)C)C(=O)O)CN(C(=O)N2CCC(Cc4ccccc4)CC2)C3)cc1. The van der Waals surface area contributed by atoms with Crippen molar-refractivity contribution < 1.29 is 19.4 Å². The van der Waals surface area contributed by atoms with E-state index >= 15 is 0 Å². The van der Waals surface area contributed by atoms with Crippen LogP contribution in [0.5, 0.6) is 0 Å². The summed E-state index contributed by atoms with van der Waals surface area (Å²) in [4.78, 5) is 30.4. The van der Waals surface area contributed by atoms with E-state index in [1.165, 1.54) is 5.56 Å². The van der Waals surface area contributed by atoms with Gasteiger partial charge in [-0.2, -0.15) is 0 Å². The maximum absolute atomic E-state index is 13.8. The standard InChI is InChI=1S/C36H44N2O4/c1-23-12-14-28(15-13-23)31-24(2)29-21-38(22-30(29)25(3)32(31)33(34(39)40)42-36(4,5)6)35(41)37-18-16-27(17-19-37)20-26-10-8-7-9-11-26/h7-15,27,33H,16-22H2,1-6H3,(H,39,40). The molecule has 5 rings (SSSR count). The number of carbonyl (C=O) groups excluding carboxylic acids is 1. The first-order chi connectivity index (χ1) is 19.9. The van der Waals surface area contributed by atoms with Crippen molar-refractivity contribution in [2.45, 2.75) is 85.6 Å². The van der Waals surface area contributed by atoms with Crippen LogP contribution in [0.25, 0.3) is 11.1 Å². The molecule has 0 radical (unpaired) electrons. The van der Waals surface area contributed by atoms with Gasteiger partial charge in [0.2, 0.25) is 0 Å². The second-order valence-electron chi connectivity index (χ2n) is 13.1. The van der Waals surface area contributed by atoms with E-state index in [9.17, 15) is 14.7 Å². The largest absolute Gasteiger partial charge is 0.479 e. The van der Waals surface area contributed by atoms with E-state index in [2.05, 4.69) is 55.5 Å². The molecule has 0 aromatic heterocycles. The lowest BCUT2D eigenvalue weighted by molar-refractivity contribution is -0.160. The van der Waals surface area contributed by atoms with Gasteiger partial charge in [-0.15, -0.1) is 0 Å². The van der Waals surface area contributed by atoms with Gasteiger partial charge in [-0.25, -0.2) is 9.59 Å². The van der Waals surface area contributed by atoms with Gasteiger partial charge in [0.25, 0.3) is 0 Å². The molecule has 1 saturated heterocycles.